The zero-order valence-electron chi connectivity index (χ0n) is 22.2. The van der Waals surface area contributed by atoms with Crippen molar-refractivity contribution in [1.82, 2.24) is 19.5 Å². The van der Waals surface area contributed by atoms with E-state index < -0.39 is 48.1 Å². The van der Waals surface area contributed by atoms with Gasteiger partial charge in [0.05, 0.1) is 10.7 Å². The molecule has 0 saturated carbocycles. The van der Waals surface area contributed by atoms with Gasteiger partial charge in [0.2, 0.25) is 0 Å². The number of aromatic nitrogens is 4. The monoisotopic (exact) mass is 724 g/mol. The molecule has 1 saturated heterocycles. The Bertz CT molecular complexity index is 1760. The minimum atomic E-state index is -1.15. The Kier molecular flexibility index (Phi) is 8.96. The number of esters is 3. The molecule has 4 atom stereocenters. The molecule has 0 N–H and O–H groups in total. The lowest BCUT2D eigenvalue weighted by Crippen LogP contribution is -2.40. The van der Waals surface area contributed by atoms with Gasteiger partial charge in [-0.15, -0.1) is 0 Å². The van der Waals surface area contributed by atoms with E-state index in [-0.39, 0.29) is 12.4 Å². The van der Waals surface area contributed by atoms with Crippen LogP contribution in [-0.4, -0.2) is 62.3 Å². The third-order valence-electron chi connectivity index (χ3n) is 6.10. The van der Waals surface area contributed by atoms with E-state index in [9.17, 15) is 19.2 Å². The highest BCUT2D eigenvalue weighted by molar-refractivity contribution is 9.11. The topological polar surface area (TPSA) is 162 Å². The van der Waals surface area contributed by atoms with Crippen molar-refractivity contribution in [2.45, 2.75) is 56.2 Å². The average Bonchev–Trinajstić information content (AvgIpc) is 3.43. The molecule has 4 aromatic rings. The number of thioether (sulfide) groups is 1. The summed E-state index contributed by atoms with van der Waals surface area (Å²) in [4.78, 5) is 61.6. The van der Waals surface area contributed by atoms with E-state index in [1.165, 1.54) is 45.1 Å². The first-order chi connectivity index (χ1) is 20.0. The molecule has 0 unspecified atom stereocenters. The summed E-state index contributed by atoms with van der Waals surface area (Å²) in [5.74, 6) is -1.73. The maximum Gasteiger partial charge on any atom is 0.340 e. The van der Waals surface area contributed by atoms with Crippen LogP contribution in [0, 0.1) is 0 Å². The fraction of sp³-hybridized carbons (Fsp3) is 0.346. The molecule has 0 bridgehead atoms. The van der Waals surface area contributed by atoms with Crippen LogP contribution in [0.4, 0.5) is 0 Å². The molecule has 16 heteroatoms. The number of hydrogen-bond donors (Lipinski definition) is 0. The fourth-order valence-corrected chi connectivity index (χ4v) is 6.82. The molecule has 1 aliphatic heterocycles. The zero-order valence-corrected chi connectivity index (χ0v) is 26.2. The van der Waals surface area contributed by atoms with Gasteiger partial charge in [0.25, 0.3) is 0 Å². The van der Waals surface area contributed by atoms with E-state index in [0.717, 1.165) is 4.47 Å². The van der Waals surface area contributed by atoms with Gasteiger partial charge < -0.3 is 23.4 Å². The first kappa shape index (κ1) is 30.1. The number of rotatable bonds is 8. The number of halogens is 2. The van der Waals surface area contributed by atoms with Crippen LogP contribution in [0.5, 0.6) is 0 Å². The summed E-state index contributed by atoms with van der Waals surface area (Å²) in [6, 6.07) is 5.34. The standard InChI is InChI=1S/C26H22Br2N4O9S/c1-11(33)37-8-19-21(38-12(2)34)22(39-13(3)35)24(40-19)32-23-18(7-29-10-30-23)31-26(32)42-9-15-4-14-5-16(27)6-17(28)20(14)41-25(15)36/h4-7,10,19,21-22,24H,8-9H2,1-3H3/t19-,21-,22-,24-/m1/s1. The number of nitrogens with zero attached hydrogens (tertiary/aromatic N) is 4. The lowest BCUT2D eigenvalue weighted by Gasteiger charge is -2.24. The van der Waals surface area contributed by atoms with Crippen molar-refractivity contribution in [3.05, 3.63) is 55.7 Å². The molecule has 1 aromatic carbocycles. The molecular formula is C26H22Br2N4O9S. The van der Waals surface area contributed by atoms with E-state index in [4.69, 9.17) is 23.4 Å². The highest BCUT2D eigenvalue weighted by atomic mass is 79.9. The Morgan fingerprint density at radius 3 is 2.50 bits per heavy atom. The molecule has 0 radical (unpaired) electrons. The Hall–Kier alpha value is -3.34. The van der Waals surface area contributed by atoms with Gasteiger partial charge in [0.1, 0.15) is 24.6 Å². The van der Waals surface area contributed by atoms with Crippen molar-refractivity contribution in [3.8, 4) is 0 Å². The maximum atomic E-state index is 12.9. The summed E-state index contributed by atoms with van der Waals surface area (Å²) >= 11 is 8.04. The van der Waals surface area contributed by atoms with Crippen LogP contribution < -0.4 is 5.63 Å². The fourth-order valence-electron chi connectivity index (χ4n) is 4.50. The number of hydrogen-bond acceptors (Lipinski definition) is 13. The van der Waals surface area contributed by atoms with Crippen molar-refractivity contribution in [3.63, 3.8) is 0 Å². The smallest absolute Gasteiger partial charge is 0.340 e. The van der Waals surface area contributed by atoms with Crippen LogP contribution in [0.2, 0.25) is 0 Å². The third kappa shape index (κ3) is 6.35. The van der Waals surface area contributed by atoms with Crippen LogP contribution in [0.25, 0.3) is 22.1 Å². The van der Waals surface area contributed by atoms with Gasteiger partial charge in [0, 0.05) is 41.9 Å². The van der Waals surface area contributed by atoms with E-state index in [1.807, 2.05) is 6.07 Å². The van der Waals surface area contributed by atoms with Gasteiger partial charge in [-0.3, -0.25) is 19.0 Å². The van der Waals surface area contributed by atoms with E-state index in [0.29, 0.717) is 37.3 Å². The number of ether oxygens (including phenoxy) is 4. The molecular weight excluding hydrogens is 704 g/mol. The SMILES string of the molecule is CC(=O)OC[C@H]1O[C@@H](n2c(SCc3cc4cc(Br)cc(Br)c4oc3=O)nc3cncnc32)[C@H](OC(C)=O)[C@@H]1OC(C)=O. The summed E-state index contributed by atoms with van der Waals surface area (Å²) in [6.07, 6.45) is -1.53. The van der Waals surface area contributed by atoms with Gasteiger partial charge >= 0.3 is 23.5 Å². The Labute approximate surface area is 258 Å². The average molecular weight is 726 g/mol. The lowest BCUT2D eigenvalue weighted by molar-refractivity contribution is -0.166. The summed E-state index contributed by atoms with van der Waals surface area (Å²) < 4.78 is 31.0. The van der Waals surface area contributed by atoms with E-state index >= 15 is 0 Å². The van der Waals surface area contributed by atoms with Gasteiger partial charge in [-0.1, -0.05) is 27.7 Å². The van der Waals surface area contributed by atoms with Crippen molar-refractivity contribution in [2.75, 3.05) is 6.61 Å². The van der Waals surface area contributed by atoms with Gasteiger partial charge in [-0.2, -0.15) is 0 Å². The number of fused-ring (bicyclic) bond motifs is 2. The summed E-state index contributed by atoms with van der Waals surface area (Å²) in [5, 5.41) is 1.05. The molecule has 5 rings (SSSR count). The predicted octanol–water partition coefficient (Wildman–Crippen LogP) is 4.07. The van der Waals surface area contributed by atoms with Gasteiger partial charge in [0.15, 0.2) is 34.8 Å². The van der Waals surface area contributed by atoms with Gasteiger partial charge in [-0.25, -0.2) is 19.7 Å². The van der Waals surface area contributed by atoms with Crippen LogP contribution >= 0.6 is 43.6 Å². The van der Waals surface area contributed by atoms with Crippen molar-refractivity contribution < 1.29 is 37.7 Å². The Morgan fingerprint density at radius 2 is 1.79 bits per heavy atom. The number of carbonyl (C=O) groups excluding carboxylic acids is 3. The Morgan fingerprint density at radius 1 is 1.05 bits per heavy atom. The second kappa shape index (κ2) is 12.5. The van der Waals surface area contributed by atoms with Crippen LogP contribution in [0.1, 0.15) is 32.6 Å². The third-order valence-corrected chi connectivity index (χ3v) is 8.15. The minimum absolute atomic E-state index is 0.147. The molecule has 13 nitrogen and oxygen atoms in total. The van der Waals surface area contributed by atoms with Crippen molar-refractivity contribution in [2.24, 2.45) is 0 Å². The van der Waals surface area contributed by atoms with Crippen molar-refractivity contribution in [1.29, 1.82) is 0 Å². The maximum absolute atomic E-state index is 12.9. The summed E-state index contributed by atoms with van der Waals surface area (Å²) in [6.45, 7) is 3.37. The normalized spacial score (nSPS) is 20.1. The van der Waals surface area contributed by atoms with Gasteiger partial charge in [-0.05, 0) is 34.1 Å². The first-order valence-electron chi connectivity index (χ1n) is 12.4. The second-order valence-electron chi connectivity index (χ2n) is 9.17. The zero-order chi connectivity index (χ0) is 30.1. The minimum Gasteiger partial charge on any atom is -0.463 e. The van der Waals surface area contributed by atoms with Crippen LogP contribution in [0.15, 0.2) is 54.0 Å². The molecule has 42 heavy (non-hydrogen) atoms. The largest absolute Gasteiger partial charge is 0.463 e. The second-order valence-corrected chi connectivity index (χ2v) is 11.9. The van der Waals surface area contributed by atoms with E-state index in [2.05, 4.69) is 46.8 Å². The molecule has 0 spiro atoms. The lowest BCUT2D eigenvalue weighted by atomic mass is 10.1. The number of carbonyl (C=O) groups is 3. The number of benzene rings is 1. The molecule has 4 heterocycles. The van der Waals surface area contributed by atoms with Crippen LogP contribution in [0.3, 0.4) is 0 Å². The van der Waals surface area contributed by atoms with E-state index in [1.54, 1.807) is 16.7 Å². The molecule has 3 aromatic heterocycles. The molecule has 1 fully saturated rings. The molecule has 1 aliphatic rings. The molecule has 220 valence electrons. The van der Waals surface area contributed by atoms with Crippen LogP contribution in [-0.2, 0) is 39.1 Å². The number of imidazole rings is 1. The molecule has 0 amide bonds. The first-order valence-corrected chi connectivity index (χ1v) is 14.9. The molecule has 0 aliphatic carbocycles. The summed E-state index contributed by atoms with van der Waals surface area (Å²) in [7, 11) is 0. The summed E-state index contributed by atoms with van der Waals surface area (Å²) in [5.41, 5.74) is 1.00. The van der Waals surface area contributed by atoms with Crippen molar-refractivity contribution >= 4 is 83.7 Å². The predicted molar refractivity (Wildman–Crippen MR) is 154 cm³/mol. The highest BCUT2D eigenvalue weighted by Gasteiger charge is 2.51. The Balaban J connectivity index is 1.55. The quantitative estimate of drug-likeness (QED) is 0.111. The highest BCUT2D eigenvalue weighted by Crippen LogP contribution is 2.39.